The van der Waals surface area contributed by atoms with Crippen molar-refractivity contribution in [2.24, 2.45) is 0 Å². The van der Waals surface area contributed by atoms with Crippen LogP contribution in [0.25, 0.3) is 23.0 Å². The Kier molecular flexibility index (Phi) is 4.81. The number of esters is 1. The van der Waals surface area contributed by atoms with Crippen molar-refractivity contribution < 1.29 is 9.53 Å². The molecule has 0 bridgehead atoms. The van der Waals surface area contributed by atoms with E-state index in [1.165, 1.54) is 0 Å². The van der Waals surface area contributed by atoms with Crippen LogP contribution in [0.15, 0.2) is 90.5 Å². The minimum Gasteiger partial charge on any atom is -0.422 e. The van der Waals surface area contributed by atoms with Gasteiger partial charge in [-0.1, -0.05) is 66.7 Å². The first-order chi connectivity index (χ1) is 13.6. The molecule has 0 saturated carbocycles. The molecule has 0 fully saturated rings. The standard InChI is InChI=1S/C25H21NO2/c1-26(2)23-14-8-18(9-15-23)16-22-17-24(28-25(22)27)21-12-10-20(11-13-21)19-6-4-3-5-7-19/h3-17H,1-2H3/b22-16-. The van der Waals surface area contributed by atoms with Crippen molar-refractivity contribution in [3.8, 4) is 11.1 Å². The summed E-state index contributed by atoms with van der Waals surface area (Å²) >= 11 is 0. The van der Waals surface area contributed by atoms with E-state index in [-0.39, 0.29) is 5.97 Å². The number of hydrogen-bond acceptors (Lipinski definition) is 3. The maximum absolute atomic E-state index is 12.3. The van der Waals surface area contributed by atoms with Crippen LogP contribution in [0, 0.1) is 0 Å². The highest BCUT2D eigenvalue weighted by Gasteiger charge is 2.22. The molecule has 0 aliphatic carbocycles. The summed E-state index contributed by atoms with van der Waals surface area (Å²) in [7, 11) is 4.00. The van der Waals surface area contributed by atoms with E-state index in [0.29, 0.717) is 11.3 Å². The van der Waals surface area contributed by atoms with E-state index in [0.717, 1.165) is 27.9 Å². The lowest BCUT2D eigenvalue weighted by Gasteiger charge is -2.11. The van der Waals surface area contributed by atoms with Crippen molar-refractivity contribution in [2.45, 2.75) is 0 Å². The van der Waals surface area contributed by atoms with Crippen LogP contribution in [-0.2, 0) is 9.53 Å². The Morgan fingerprint density at radius 3 is 2.00 bits per heavy atom. The highest BCUT2D eigenvalue weighted by atomic mass is 16.5. The SMILES string of the molecule is CN(C)c1ccc(/C=C2/C=C(c3ccc(-c4ccccc4)cc3)OC2=O)cc1. The average Bonchev–Trinajstić information content (AvgIpc) is 3.09. The molecule has 0 atom stereocenters. The fraction of sp³-hybridized carbons (Fsp3) is 0.0800. The summed E-state index contributed by atoms with van der Waals surface area (Å²) in [5, 5.41) is 0. The van der Waals surface area contributed by atoms with E-state index in [9.17, 15) is 4.79 Å². The Labute approximate surface area is 165 Å². The molecule has 0 aromatic heterocycles. The molecule has 138 valence electrons. The van der Waals surface area contributed by atoms with Crippen LogP contribution < -0.4 is 4.90 Å². The molecular weight excluding hydrogens is 346 g/mol. The highest BCUT2D eigenvalue weighted by Crippen LogP contribution is 2.29. The first-order valence-corrected chi connectivity index (χ1v) is 9.19. The summed E-state index contributed by atoms with van der Waals surface area (Å²) in [4.78, 5) is 14.3. The Morgan fingerprint density at radius 1 is 0.750 bits per heavy atom. The third-order valence-electron chi connectivity index (χ3n) is 4.73. The second-order valence-electron chi connectivity index (χ2n) is 6.93. The fourth-order valence-corrected chi connectivity index (χ4v) is 3.14. The lowest BCUT2D eigenvalue weighted by Crippen LogP contribution is -2.07. The van der Waals surface area contributed by atoms with E-state index in [4.69, 9.17) is 4.74 Å². The molecule has 1 aliphatic rings. The smallest absolute Gasteiger partial charge is 0.343 e. The van der Waals surface area contributed by atoms with E-state index < -0.39 is 0 Å². The lowest BCUT2D eigenvalue weighted by atomic mass is 10.0. The molecule has 4 rings (SSSR count). The fourth-order valence-electron chi connectivity index (χ4n) is 3.14. The zero-order valence-corrected chi connectivity index (χ0v) is 15.9. The quantitative estimate of drug-likeness (QED) is 0.457. The number of carbonyl (C=O) groups excluding carboxylic acids is 1. The molecule has 0 unspecified atom stereocenters. The summed E-state index contributed by atoms with van der Waals surface area (Å²) in [6.45, 7) is 0. The first-order valence-electron chi connectivity index (χ1n) is 9.19. The van der Waals surface area contributed by atoms with E-state index in [2.05, 4.69) is 12.1 Å². The number of hydrogen-bond donors (Lipinski definition) is 0. The Morgan fingerprint density at radius 2 is 1.36 bits per heavy atom. The highest BCUT2D eigenvalue weighted by molar-refractivity contribution is 6.05. The molecule has 28 heavy (non-hydrogen) atoms. The van der Waals surface area contributed by atoms with Gasteiger partial charge in [0.1, 0.15) is 5.76 Å². The predicted molar refractivity (Wildman–Crippen MR) is 115 cm³/mol. The summed E-state index contributed by atoms with van der Waals surface area (Å²) in [5.41, 5.74) is 5.82. The van der Waals surface area contributed by atoms with Gasteiger partial charge < -0.3 is 9.64 Å². The molecule has 3 aromatic carbocycles. The monoisotopic (exact) mass is 367 g/mol. The number of rotatable bonds is 4. The molecule has 0 spiro atoms. The van der Waals surface area contributed by atoms with Crippen LogP contribution in [0.3, 0.4) is 0 Å². The largest absolute Gasteiger partial charge is 0.422 e. The normalized spacial score (nSPS) is 14.7. The molecule has 3 nitrogen and oxygen atoms in total. The average molecular weight is 367 g/mol. The van der Waals surface area contributed by atoms with Gasteiger partial charge in [-0.2, -0.15) is 0 Å². The van der Waals surface area contributed by atoms with Gasteiger partial charge in [-0.25, -0.2) is 4.79 Å². The molecule has 0 radical (unpaired) electrons. The topological polar surface area (TPSA) is 29.5 Å². The van der Waals surface area contributed by atoms with Gasteiger partial charge in [-0.05, 0) is 41.0 Å². The Hall–Kier alpha value is -3.59. The lowest BCUT2D eigenvalue weighted by molar-refractivity contribution is -0.130. The molecule has 3 aromatic rings. The van der Waals surface area contributed by atoms with Crippen molar-refractivity contribution in [3.05, 3.63) is 102 Å². The maximum Gasteiger partial charge on any atom is 0.343 e. The van der Waals surface area contributed by atoms with Gasteiger partial charge in [0.2, 0.25) is 0 Å². The summed E-state index contributed by atoms with van der Waals surface area (Å²) < 4.78 is 5.49. The van der Waals surface area contributed by atoms with Crippen LogP contribution >= 0.6 is 0 Å². The van der Waals surface area contributed by atoms with Crippen LogP contribution in [0.2, 0.25) is 0 Å². The van der Waals surface area contributed by atoms with Crippen molar-refractivity contribution >= 4 is 23.5 Å². The molecule has 0 N–H and O–H groups in total. The minimum absolute atomic E-state index is 0.321. The van der Waals surface area contributed by atoms with Gasteiger partial charge in [0, 0.05) is 25.3 Å². The zero-order valence-electron chi connectivity index (χ0n) is 15.9. The van der Waals surface area contributed by atoms with Crippen molar-refractivity contribution in [1.29, 1.82) is 0 Å². The number of cyclic esters (lactones) is 1. The van der Waals surface area contributed by atoms with Gasteiger partial charge >= 0.3 is 5.97 Å². The van der Waals surface area contributed by atoms with E-state index in [1.807, 2.05) is 91.8 Å². The number of ether oxygens (including phenoxy) is 1. The van der Waals surface area contributed by atoms with Gasteiger partial charge in [0.05, 0.1) is 5.57 Å². The van der Waals surface area contributed by atoms with E-state index in [1.54, 1.807) is 6.08 Å². The van der Waals surface area contributed by atoms with Crippen LogP contribution in [0.1, 0.15) is 11.1 Å². The minimum atomic E-state index is -0.321. The molecule has 0 saturated heterocycles. The second kappa shape index (κ2) is 7.57. The van der Waals surface area contributed by atoms with Crippen molar-refractivity contribution in [2.75, 3.05) is 19.0 Å². The molecule has 1 heterocycles. The zero-order chi connectivity index (χ0) is 19.5. The van der Waals surface area contributed by atoms with E-state index >= 15 is 0 Å². The molecular formula is C25H21NO2. The third-order valence-corrected chi connectivity index (χ3v) is 4.73. The van der Waals surface area contributed by atoms with Crippen LogP contribution in [-0.4, -0.2) is 20.1 Å². The predicted octanol–water partition coefficient (Wildman–Crippen LogP) is 5.40. The maximum atomic E-state index is 12.3. The van der Waals surface area contributed by atoms with Crippen molar-refractivity contribution in [1.82, 2.24) is 0 Å². The first kappa shape index (κ1) is 17.8. The summed E-state index contributed by atoms with van der Waals surface area (Å²) in [5.74, 6) is 0.264. The summed E-state index contributed by atoms with van der Waals surface area (Å²) in [6, 6.07) is 26.3. The Bertz CT molecular complexity index is 1040. The van der Waals surface area contributed by atoms with Gasteiger partial charge in [0.25, 0.3) is 0 Å². The van der Waals surface area contributed by atoms with Crippen molar-refractivity contribution in [3.63, 3.8) is 0 Å². The molecule has 1 aliphatic heterocycles. The van der Waals surface area contributed by atoms with Crippen LogP contribution in [0.4, 0.5) is 5.69 Å². The number of benzene rings is 3. The Balaban J connectivity index is 1.57. The van der Waals surface area contributed by atoms with Gasteiger partial charge in [0.15, 0.2) is 0 Å². The number of anilines is 1. The molecule has 3 heteroatoms. The van der Waals surface area contributed by atoms with Gasteiger partial charge in [-0.3, -0.25) is 0 Å². The van der Waals surface area contributed by atoms with Crippen LogP contribution in [0.5, 0.6) is 0 Å². The number of nitrogens with zero attached hydrogens (tertiary/aromatic N) is 1. The molecule has 0 amide bonds. The third kappa shape index (κ3) is 3.74. The van der Waals surface area contributed by atoms with Gasteiger partial charge in [-0.15, -0.1) is 0 Å². The number of carbonyl (C=O) groups is 1. The summed E-state index contributed by atoms with van der Waals surface area (Å²) in [6.07, 6.45) is 3.66. The second-order valence-corrected chi connectivity index (χ2v) is 6.93.